The molecule has 2 aromatic rings. The summed E-state index contributed by atoms with van der Waals surface area (Å²) in [6.07, 6.45) is 7.00. The van der Waals surface area contributed by atoms with Crippen molar-refractivity contribution < 1.29 is 23.8 Å². The maximum atomic E-state index is 12.0. The molecule has 0 amide bonds. The van der Waals surface area contributed by atoms with Gasteiger partial charge in [-0.3, -0.25) is 4.98 Å². The molecule has 0 spiro atoms. The molecule has 1 heterocycles. The zero-order valence-electron chi connectivity index (χ0n) is 12.6. The summed E-state index contributed by atoms with van der Waals surface area (Å²) in [6, 6.07) is 4.85. The van der Waals surface area contributed by atoms with Gasteiger partial charge in [-0.1, -0.05) is 6.07 Å². The van der Waals surface area contributed by atoms with Crippen LogP contribution in [0.5, 0.6) is 11.5 Å². The molecule has 7 nitrogen and oxygen atoms in total. The molecule has 0 saturated carbocycles. The number of aromatic nitrogens is 2. The lowest BCUT2D eigenvalue weighted by atomic mass is 10.2. The average Bonchev–Trinajstić information content (AvgIpc) is 2.61. The highest BCUT2D eigenvalue weighted by Crippen LogP contribution is 2.29. The first-order valence-corrected chi connectivity index (χ1v) is 6.56. The number of carbonyl (C=O) groups excluding carboxylic acids is 2. The third kappa shape index (κ3) is 4.37. The van der Waals surface area contributed by atoms with Crippen LogP contribution in [-0.2, 0) is 9.53 Å². The van der Waals surface area contributed by atoms with Gasteiger partial charge in [0.25, 0.3) is 0 Å². The number of hydrogen-bond acceptors (Lipinski definition) is 7. The molecule has 0 aliphatic carbocycles. The Balaban J connectivity index is 2.18. The van der Waals surface area contributed by atoms with Gasteiger partial charge in [-0.05, 0) is 23.8 Å². The van der Waals surface area contributed by atoms with Crippen molar-refractivity contribution in [2.24, 2.45) is 0 Å². The molecular weight excluding hydrogens is 300 g/mol. The Labute approximate surface area is 132 Å². The molecular formula is C16H14N2O5. The molecule has 0 aliphatic rings. The maximum Gasteiger partial charge on any atom is 0.364 e. The molecule has 23 heavy (non-hydrogen) atoms. The van der Waals surface area contributed by atoms with Crippen molar-refractivity contribution in [1.82, 2.24) is 9.97 Å². The summed E-state index contributed by atoms with van der Waals surface area (Å²) in [6.45, 7) is 0. The van der Waals surface area contributed by atoms with Gasteiger partial charge in [0.1, 0.15) is 0 Å². The third-order valence-corrected chi connectivity index (χ3v) is 2.78. The quantitative estimate of drug-likeness (QED) is 0.473. The zero-order valence-corrected chi connectivity index (χ0v) is 12.6. The number of rotatable bonds is 5. The topological polar surface area (TPSA) is 87.6 Å². The minimum Gasteiger partial charge on any atom is -0.493 e. The predicted octanol–water partition coefficient (Wildman–Crippen LogP) is 1.89. The van der Waals surface area contributed by atoms with Gasteiger partial charge in [0, 0.05) is 18.5 Å². The van der Waals surface area contributed by atoms with E-state index < -0.39 is 11.9 Å². The van der Waals surface area contributed by atoms with Gasteiger partial charge in [-0.25, -0.2) is 14.6 Å². The molecule has 1 aromatic heterocycles. The van der Waals surface area contributed by atoms with E-state index in [0.29, 0.717) is 11.3 Å². The normalized spacial score (nSPS) is 10.3. The van der Waals surface area contributed by atoms with Crippen LogP contribution in [0.4, 0.5) is 0 Å². The number of ether oxygens (including phenoxy) is 3. The fraction of sp³-hybridized carbons (Fsp3) is 0.125. The molecule has 0 atom stereocenters. The van der Waals surface area contributed by atoms with Crippen LogP contribution in [-0.4, -0.2) is 36.1 Å². The standard InChI is InChI=1S/C16H14N2O5/c1-21-14-9-11(4-6-15(19)22-2)3-5-13(14)23-16(20)12-10-17-7-8-18-12/h3-10H,1-2H3/b6-4+. The fourth-order valence-corrected chi connectivity index (χ4v) is 1.66. The summed E-state index contributed by atoms with van der Waals surface area (Å²) in [5, 5.41) is 0. The zero-order chi connectivity index (χ0) is 16.7. The van der Waals surface area contributed by atoms with Crippen molar-refractivity contribution >= 4 is 18.0 Å². The number of carbonyl (C=O) groups is 2. The summed E-state index contributed by atoms with van der Waals surface area (Å²) >= 11 is 0. The van der Waals surface area contributed by atoms with E-state index in [1.807, 2.05) is 0 Å². The van der Waals surface area contributed by atoms with E-state index in [2.05, 4.69) is 14.7 Å². The first-order chi connectivity index (χ1) is 11.1. The third-order valence-electron chi connectivity index (χ3n) is 2.78. The molecule has 0 unspecified atom stereocenters. The highest BCUT2D eigenvalue weighted by molar-refractivity contribution is 5.89. The Morgan fingerprint density at radius 3 is 2.61 bits per heavy atom. The van der Waals surface area contributed by atoms with Crippen molar-refractivity contribution in [1.29, 1.82) is 0 Å². The second kappa shape index (κ2) is 7.69. The minimum absolute atomic E-state index is 0.0872. The number of hydrogen-bond donors (Lipinski definition) is 0. The summed E-state index contributed by atoms with van der Waals surface area (Å²) < 4.78 is 14.9. The summed E-state index contributed by atoms with van der Waals surface area (Å²) in [5.74, 6) is -0.538. The first-order valence-electron chi connectivity index (χ1n) is 6.56. The second-order valence-electron chi connectivity index (χ2n) is 4.25. The summed E-state index contributed by atoms with van der Waals surface area (Å²) in [5.41, 5.74) is 0.774. The van der Waals surface area contributed by atoms with Crippen LogP contribution in [0, 0.1) is 0 Å². The van der Waals surface area contributed by atoms with Gasteiger partial charge >= 0.3 is 11.9 Å². The van der Waals surface area contributed by atoms with Gasteiger partial charge in [0.05, 0.1) is 20.4 Å². The highest BCUT2D eigenvalue weighted by atomic mass is 16.6. The van der Waals surface area contributed by atoms with Crippen LogP contribution in [0.3, 0.4) is 0 Å². The lowest BCUT2D eigenvalue weighted by Gasteiger charge is -2.09. The molecule has 0 saturated heterocycles. The Morgan fingerprint density at radius 1 is 1.13 bits per heavy atom. The molecule has 0 fully saturated rings. The number of nitrogens with zero attached hydrogens (tertiary/aromatic N) is 2. The van der Waals surface area contributed by atoms with Gasteiger partial charge in [-0.2, -0.15) is 0 Å². The number of methoxy groups -OCH3 is 2. The molecule has 0 radical (unpaired) electrons. The van der Waals surface area contributed by atoms with Crippen molar-refractivity contribution in [3.05, 3.63) is 54.1 Å². The molecule has 118 valence electrons. The maximum absolute atomic E-state index is 12.0. The van der Waals surface area contributed by atoms with Crippen LogP contribution >= 0.6 is 0 Å². The van der Waals surface area contributed by atoms with Crippen molar-refractivity contribution in [3.63, 3.8) is 0 Å². The smallest absolute Gasteiger partial charge is 0.364 e. The van der Waals surface area contributed by atoms with E-state index in [4.69, 9.17) is 9.47 Å². The van der Waals surface area contributed by atoms with Crippen LogP contribution in [0.25, 0.3) is 6.08 Å². The number of esters is 2. The predicted molar refractivity (Wildman–Crippen MR) is 81.0 cm³/mol. The van der Waals surface area contributed by atoms with Crippen LogP contribution < -0.4 is 9.47 Å². The Morgan fingerprint density at radius 2 is 1.96 bits per heavy atom. The van der Waals surface area contributed by atoms with Crippen LogP contribution in [0.15, 0.2) is 42.9 Å². The average molecular weight is 314 g/mol. The van der Waals surface area contributed by atoms with E-state index in [1.165, 1.54) is 38.9 Å². The van der Waals surface area contributed by atoms with Gasteiger partial charge < -0.3 is 14.2 Å². The van der Waals surface area contributed by atoms with E-state index >= 15 is 0 Å². The van der Waals surface area contributed by atoms with E-state index in [-0.39, 0.29) is 11.4 Å². The second-order valence-corrected chi connectivity index (χ2v) is 4.25. The van der Waals surface area contributed by atoms with Gasteiger partial charge in [-0.15, -0.1) is 0 Å². The summed E-state index contributed by atoms with van der Waals surface area (Å²) in [4.78, 5) is 30.7. The molecule has 7 heteroatoms. The molecule has 1 aromatic carbocycles. The van der Waals surface area contributed by atoms with Crippen LogP contribution in [0.2, 0.25) is 0 Å². The summed E-state index contributed by atoms with van der Waals surface area (Å²) in [7, 11) is 2.74. The van der Waals surface area contributed by atoms with Crippen molar-refractivity contribution in [2.75, 3.05) is 14.2 Å². The molecule has 0 bridgehead atoms. The van der Waals surface area contributed by atoms with Crippen molar-refractivity contribution in [3.8, 4) is 11.5 Å². The van der Waals surface area contributed by atoms with Crippen molar-refractivity contribution in [2.45, 2.75) is 0 Å². The molecule has 0 aliphatic heterocycles. The van der Waals surface area contributed by atoms with Crippen LogP contribution in [0.1, 0.15) is 16.1 Å². The Hall–Kier alpha value is -3.22. The lowest BCUT2D eigenvalue weighted by molar-refractivity contribution is -0.134. The Bertz CT molecular complexity index is 729. The van der Waals surface area contributed by atoms with E-state index in [9.17, 15) is 9.59 Å². The van der Waals surface area contributed by atoms with E-state index in [0.717, 1.165) is 0 Å². The minimum atomic E-state index is -0.644. The largest absolute Gasteiger partial charge is 0.493 e. The monoisotopic (exact) mass is 314 g/mol. The van der Waals surface area contributed by atoms with E-state index in [1.54, 1.807) is 24.3 Å². The Kier molecular flexibility index (Phi) is 5.40. The molecule has 2 rings (SSSR count). The lowest BCUT2D eigenvalue weighted by Crippen LogP contribution is -2.11. The SMILES string of the molecule is COC(=O)/C=C/c1ccc(OC(=O)c2cnccn2)c(OC)c1. The fourth-order valence-electron chi connectivity index (χ4n) is 1.66. The van der Waals surface area contributed by atoms with Gasteiger partial charge in [0.15, 0.2) is 17.2 Å². The highest BCUT2D eigenvalue weighted by Gasteiger charge is 2.13. The molecule has 0 N–H and O–H groups in total. The number of benzene rings is 1. The van der Waals surface area contributed by atoms with Gasteiger partial charge in [0.2, 0.25) is 0 Å². The first kappa shape index (κ1) is 16.2.